The third kappa shape index (κ3) is 12.7. The summed E-state index contributed by atoms with van der Waals surface area (Å²) in [5, 5.41) is 2.51. The molecule has 48 heavy (non-hydrogen) atoms. The first-order valence-electron chi connectivity index (χ1n) is 14.2. The summed E-state index contributed by atoms with van der Waals surface area (Å²) in [6, 6.07) is -1.37. The summed E-state index contributed by atoms with van der Waals surface area (Å²) >= 11 is 0. The van der Waals surface area contributed by atoms with Gasteiger partial charge in [-0.25, -0.2) is 4.18 Å². The number of ether oxygens (including phenoxy) is 9. The van der Waals surface area contributed by atoms with Crippen LogP contribution in [0.5, 0.6) is 0 Å². The van der Waals surface area contributed by atoms with Gasteiger partial charge in [0.05, 0.1) is 13.2 Å². The van der Waals surface area contributed by atoms with Crippen molar-refractivity contribution in [3.8, 4) is 0 Å². The van der Waals surface area contributed by atoms with Crippen LogP contribution >= 0.6 is 0 Å². The number of amides is 1. The van der Waals surface area contributed by atoms with Gasteiger partial charge in [0.2, 0.25) is 5.91 Å². The summed E-state index contributed by atoms with van der Waals surface area (Å²) in [7, 11) is -5.10. The van der Waals surface area contributed by atoms with E-state index in [1.54, 1.807) is 0 Å². The highest BCUT2D eigenvalue weighted by molar-refractivity contribution is 7.80. The molecule has 272 valence electrons. The van der Waals surface area contributed by atoms with Gasteiger partial charge in [-0.1, -0.05) is 6.08 Å². The van der Waals surface area contributed by atoms with Crippen molar-refractivity contribution < 1.29 is 88.6 Å². The molecule has 0 aromatic heterocycles. The summed E-state index contributed by atoms with van der Waals surface area (Å²) in [5.41, 5.74) is 0. The van der Waals surface area contributed by atoms with E-state index in [0.29, 0.717) is 0 Å². The maximum absolute atomic E-state index is 12.3. The van der Waals surface area contributed by atoms with Crippen molar-refractivity contribution in [1.82, 2.24) is 5.32 Å². The van der Waals surface area contributed by atoms with Crippen LogP contribution in [0.2, 0.25) is 0 Å². The van der Waals surface area contributed by atoms with Gasteiger partial charge in [-0.15, -0.1) is 6.58 Å². The Labute approximate surface area is 275 Å². The van der Waals surface area contributed by atoms with E-state index in [4.69, 9.17) is 42.6 Å². The van der Waals surface area contributed by atoms with Gasteiger partial charge < -0.3 is 47.9 Å². The molecule has 0 unspecified atom stereocenters. The van der Waals surface area contributed by atoms with E-state index in [1.165, 1.54) is 6.08 Å². The number of carbonyl (C=O) groups is 6. The van der Waals surface area contributed by atoms with E-state index in [9.17, 15) is 41.7 Å². The Hall–Kier alpha value is -3.73. The fourth-order valence-electron chi connectivity index (χ4n) is 4.83. The Balaban J connectivity index is 2.75. The van der Waals surface area contributed by atoms with Gasteiger partial charge in [0.25, 0.3) is 0 Å². The van der Waals surface area contributed by atoms with Gasteiger partial charge in [-0.3, -0.25) is 33.3 Å². The van der Waals surface area contributed by atoms with Crippen LogP contribution < -0.4 is 5.32 Å². The molecule has 20 nitrogen and oxygen atoms in total. The maximum Gasteiger partial charge on any atom is 0.397 e. The van der Waals surface area contributed by atoms with Crippen LogP contribution in [-0.2, 0) is 86.0 Å². The molecule has 2 fully saturated rings. The van der Waals surface area contributed by atoms with Crippen LogP contribution in [0.15, 0.2) is 12.7 Å². The molecule has 21 heteroatoms. The third-order valence-corrected chi connectivity index (χ3v) is 6.75. The minimum Gasteiger partial charge on any atom is -0.463 e. The molecule has 0 saturated carbocycles. The predicted molar refractivity (Wildman–Crippen MR) is 152 cm³/mol. The average Bonchev–Trinajstić information content (AvgIpc) is 2.93. The number of nitrogens with one attached hydrogen (secondary N) is 1. The van der Waals surface area contributed by atoms with Gasteiger partial charge >= 0.3 is 40.2 Å². The molecule has 0 spiro atoms. The van der Waals surface area contributed by atoms with Crippen LogP contribution in [0.1, 0.15) is 41.5 Å². The SMILES string of the molecule is C=CCO[C@@H]1O[C@H](COS(=O)(=O)O)[C@@H](O[C@@H]2O[C@H](COC(C)=O)[C@H](OC(C)=O)[C@H](OC(C)=O)[C@H]2OC(C)=O)[C@H](OC(C)=O)[C@H]1NC(C)=O. The van der Waals surface area contributed by atoms with E-state index >= 15 is 0 Å². The number of hydrogen-bond acceptors (Lipinski definition) is 18. The lowest BCUT2D eigenvalue weighted by atomic mass is 9.94. The summed E-state index contributed by atoms with van der Waals surface area (Å²) in [6.07, 6.45) is -13.5. The Morgan fingerprint density at radius 2 is 1.21 bits per heavy atom. The van der Waals surface area contributed by atoms with E-state index in [0.717, 1.165) is 41.5 Å². The number of esters is 5. The van der Waals surface area contributed by atoms with Crippen molar-refractivity contribution in [3.05, 3.63) is 12.7 Å². The summed E-state index contributed by atoms with van der Waals surface area (Å²) < 4.78 is 87.1. The summed E-state index contributed by atoms with van der Waals surface area (Å²) in [5.74, 6) is -5.17. The van der Waals surface area contributed by atoms with Crippen LogP contribution in [-0.4, -0.2) is 130 Å². The molecule has 10 atom stereocenters. The molecule has 1 amide bonds. The number of carbonyl (C=O) groups excluding carboxylic acids is 6. The second-order valence-electron chi connectivity index (χ2n) is 10.3. The highest BCUT2D eigenvalue weighted by Gasteiger charge is 2.57. The monoisotopic (exact) mass is 713 g/mol. The maximum atomic E-state index is 12.3. The van der Waals surface area contributed by atoms with Crippen LogP contribution in [0, 0.1) is 0 Å². The lowest BCUT2D eigenvalue weighted by Gasteiger charge is -2.49. The van der Waals surface area contributed by atoms with E-state index in [-0.39, 0.29) is 6.61 Å². The lowest BCUT2D eigenvalue weighted by molar-refractivity contribution is -0.349. The second-order valence-corrected chi connectivity index (χ2v) is 11.4. The number of hydrogen-bond donors (Lipinski definition) is 2. The van der Waals surface area contributed by atoms with Gasteiger partial charge in [-0.05, 0) is 0 Å². The number of rotatable bonds is 15. The minimum atomic E-state index is -5.10. The van der Waals surface area contributed by atoms with Gasteiger partial charge in [0.1, 0.15) is 31.0 Å². The molecule has 2 rings (SSSR count). The third-order valence-electron chi connectivity index (χ3n) is 6.32. The Morgan fingerprint density at radius 3 is 1.71 bits per heavy atom. The molecule has 0 radical (unpaired) electrons. The van der Waals surface area contributed by atoms with Gasteiger partial charge in [0, 0.05) is 41.5 Å². The summed E-state index contributed by atoms with van der Waals surface area (Å²) in [4.78, 5) is 72.8. The minimum absolute atomic E-state index is 0.176. The summed E-state index contributed by atoms with van der Waals surface area (Å²) in [6.45, 7) is 7.92. The molecule has 2 aliphatic heterocycles. The first-order chi connectivity index (χ1) is 22.3. The van der Waals surface area contributed by atoms with Crippen molar-refractivity contribution in [2.45, 2.75) is 103 Å². The topological polar surface area (TPSA) is 261 Å². The molecule has 2 heterocycles. The Kier molecular flexibility index (Phi) is 15.3. The molecule has 0 aromatic rings. The molecule has 2 aliphatic rings. The Morgan fingerprint density at radius 1 is 0.708 bits per heavy atom. The largest absolute Gasteiger partial charge is 0.463 e. The zero-order valence-corrected chi connectivity index (χ0v) is 27.7. The molecule has 2 N–H and O–H groups in total. The second kappa shape index (κ2) is 18.1. The van der Waals surface area contributed by atoms with Gasteiger partial charge in [0.15, 0.2) is 37.0 Å². The van der Waals surface area contributed by atoms with Gasteiger partial charge in [-0.2, -0.15) is 8.42 Å². The first kappa shape index (κ1) is 40.4. The van der Waals surface area contributed by atoms with E-state index < -0.39 is 121 Å². The van der Waals surface area contributed by atoms with Crippen LogP contribution in [0.4, 0.5) is 0 Å². The molecule has 0 aliphatic carbocycles. The van der Waals surface area contributed by atoms with Crippen LogP contribution in [0.3, 0.4) is 0 Å². The smallest absolute Gasteiger partial charge is 0.397 e. The van der Waals surface area contributed by atoms with Crippen molar-refractivity contribution in [3.63, 3.8) is 0 Å². The van der Waals surface area contributed by atoms with Crippen LogP contribution in [0.25, 0.3) is 0 Å². The van der Waals surface area contributed by atoms with E-state index in [1.807, 2.05) is 0 Å². The zero-order chi connectivity index (χ0) is 36.3. The molecular formula is C27H39NO19S. The lowest BCUT2D eigenvalue weighted by Crippen LogP contribution is -2.69. The Bertz CT molecular complexity index is 1300. The molecule has 2 saturated heterocycles. The van der Waals surface area contributed by atoms with E-state index in [2.05, 4.69) is 16.1 Å². The molecule has 0 bridgehead atoms. The van der Waals surface area contributed by atoms with Crippen molar-refractivity contribution >= 4 is 46.2 Å². The highest BCUT2D eigenvalue weighted by Crippen LogP contribution is 2.35. The highest BCUT2D eigenvalue weighted by atomic mass is 32.3. The van der Waals surface area contributed by atoms with Crippen molar-refractivity contribution in [2.75, 3.05) is 19.8 Å². The fraction of sp³-hybridized carbons (Fsp3) is 0.704. The average molecular weight is 714 g/mol. The molecular weight excluding hydrogens is 674 g/mol. The zero-order valence-electron chi connectivity index (χ0n) is 26.9. The molecule has 0 aromatic carbocycles. The normalized spacial score (nSPS) is 30.2. The predicted octanol–water partition coefficient (Wildman–Crippen LogP) is -1.36. The van der Waals surface area contributed by atoms with Crippen molar-refractivity contribution in [2.24, 2.45) is 0 Å². The van der Waals surface area contributed by atoms with Crippen molar-refractivity contribution in [1.29, 1.82) is 0 Å². The quantitative estimate of drug-likeness (QED) is 0.0859. The first-order valence-corrected chi connectivity index (χ1v) is 15.6. The fourth-order valence-corrected chi connectivity index (χ4v) is 5.14. The standard InChI is InChI=1S/C27H39NO19S/c1-8-9-38-26-20(28-12(2)29)23(42-15(5)32)21(19(45-26)11-40-48(35,36)37)47-27-25(44-17(7)34)24(43-16(6)33)22(41-14(4)31)18(46-27)10-39-13(3)30/h8,18-27H,1,9-11H2,2-7H3,(H,28,29)(H,35,36,37)/t18-,19-,20-,21-,22+,23-,24+,25-,26-,27+/m1/s1.